The lowest BCUT2D eigenvalue weighted by molar-refractivity contribution is 0.669. The number of para-hydroxylation sites is 4. The summed E-state index contributed by atoms with van der Waals surface area (Å²) < 4.78 is 11.6. The second kappa shape index (κ2) is 9.83. The van der Waals surface area contributed by atoms with Crippen LogP contribution in [0.2, 0.25) is 0 Å². The maximum atomic E-state index is 6.67. The Morgan fingerprint density at radius 1 is 0.478 bits per heavy atom. The summed E-state index contributed by atoms with van der Waals surface area (Å²) in [6.45, 7) is 0. The molecule has 0 aliphatic rings. The minimum atomic E-state index is 0.879. The molecule has 10 aromatic rings. The molecule has 0 N–H and O–H groups in total. The average molecular weight is 607 g/mol. The monoisotopic (exact) mass is 606 g/mol. The maximum Gasteiger partial charge on any atom is 0.159 e. The Morgan fingerprint density at radius 3 is 2.07 bits per heavy atom. The predicted molar refractivity (Wildman–Crippen MR) is 196 cm³/mol. The van der Waals surface area contributed by atoms with E-state index < -0.39 is 0 Å². The van der Waals surface area contributed by atoms with Gasteiger partial charge in [0.05, 0.1) is 22.4 Å². The van der Waals surface area contributed by atoms with Crippen LogP contribution in [0.5, 0.6) is 0 Å². The van der Waals surface area contributed by atoms with Gasteiger partial charge in [-0.05, 0) is 60.7 Å². The third-order valence-corrected chi connectivity index (χ3v) is 10.3. The number of hydrogen-bond donors (Lipinski definition) is 0. The van der Waals surface area contributed by atoms with Crippen molar-refractivity contribution in [2.45, 2.75) is 0 Å². The number of furan rings is 1. The third kappa shape index (κ3) is 3.65. The van der Waals surface area contributed by atoms with Crippen molar-refractivity contribution in [1.29, 1.82) is 0 Å². The number of anilines is 3. The van der Waals surface area contributed by atoms with Gasteiger partial charge in [0.25, 0.3) is 0 Å². The Labute approximate surface area is 268 Å². The Bertz CT molecular complexity index is 2770. The van der Waals surface area contributed by atoms with Crippen LogP contribution >= 0.6 is 11.3 Å². The summed E-state index contributed by atoms with van der Waals surface area (Å²) >= 11 is 1.84. The summed E-state index contributed by atoms with van der Waals surface area (Å²) in [5.41, 5.74) is 8.48. The first-order valence-electron chi connectivity index (χ1n) is 15.5. The second-order valence-corrected chi connectivity index (χ2v) is 12.8. The van der Waals surface area contributed by atoms with E-state index >= 15 is 0 Å². The summed E-state index contributed by atoms with van der Waals surface area (Å²) in [6, 6.07) is 56.5. The summed E-state index contributed by atoms with van der Waals surface area (Å²) in [7, 11) is 0. The van der Waals surface area contributed by atoms with E-state index in [1.165, 1.54) is 36.5 Å². The van der Waals surface area contributed by atoms with Crippen LogP contribution in [0.4, 0.5) is 17.1 Å². The number of benzene rings is 7. The molecule has 0 bridgehead atoms. The summed E-state index contributed by atoms with van der Waals surface area (Å²) in [5, 5.41) is 7.21. The highest BCUT2D eigenvalue weighted by atomic mass is 32.1. The van der Waals surface area contributed by atoms with Gasteiger partial charge in [0.15, 0.2) is 5.58 Å². The summed E-state index contributed by atoms with van der Waals surface area (Å²) in [6.07, 6.45) is 0. The fourth-order valence-electron chi connectivity index (χ4n) is 7.21. The number of fused-ring (bicyclic) bond motifs is 9. The molecule has 0 saturated carbocycles. The van der Waals surface area contributed by atoms with Gasteiger partial charge in [-0.15, -0.1) is 11.3 Å². The maximum absolute atomic E-state index is 6.67. The predicted octanol–water partition coefficient (Wildman–Crippen LogP) is 12.5. The van der Waals surface area contributed by atoms with Crippen LogP contribution in [-0.4, -0.2) is 4.57 Å². The Balaban J connectivity index is 1.33. The molecule has 3 nitrogen and oxygen atoms in total. The highest BCUT2D eigenvalue weighted by Crippen LogP contribution is 2.48. The molecule has 0 amide bonds. The fourth-order valence-corrected chi connectivity index (χ4v) is 8.34. The van der Waals surface area contributed by atoms with E-state index in [0.717, 1.165) is 50.2 Å². The highest BCUT2D eigenvalue weighted by Gasteiger charge is 2.23. The van der Waals surface area contributed by atoms with E-state index in [2.05, 4.69) is 161 Å². The SMILES string of the molecule is c1ccc(-n2c3ccccc3c3ccc(N(c4cccc5c4oc4ccccc45)c4cccc5sc6ccccc6c45)cc32)cc1. The molecule has 0 aliphatic heterocycles. The van der Waals surface area contributed by atoms with E-state index in [9.17, 15) is 0 Å². The van der Waals surface area contributed by atoms with Crippen LogP contribution in [0, 0.1) is 0 Å². The average Bonchev–Trinajstić information content (AvgIpc) is 3.79. The van der Waals surface area contributed by atoms with E-state index in [1.807, 2.05) is 17.4 Å². The molecule has 0 aliphatic carbocycles. The van der Waals surface area contributed by atoms with Crippen molar-refractivity contribution in [2.24, 2.45) is 0 Å². The smallest absolute Gasteiger partial charge is 0.159 e. The number of nitrogens with zero attached hydrogens (tertiary/aromatic N) is 2. The zero-order valence-electron chi connectivity index (χ0n) is 24.7. The Hall–Kier alpha value is -5.84. The van der Waals surface area contributed by atoms with Gasteiger partial charge in [-0.1, -0.05) is 97.1 Å². The van der Waals surface area contributed by atoms with Gasteiger partial charge >= 0.3 is 0 Å². The third-order valence-electron chi connectivity index (χ3n) is 9.18. The van der Waals surface area contributed by atoms with Crippen molar-refractivity contribution in [3.05, 3.63) is 158 Å². The van der Waals surface area contributed by atoms with E-state index in [4.69, 9.17) is 4.42 Å². The van der Waals surface area contributed by atoms with Crippen LogP contribution in [0.3, 0.4) is 0 Å². The first-order valence-corrected chi connectivity index (χ1v) is 16.3. The standard InChI is InChI=1S/C42H26N2OS/c1-2-12-27(13-3-1)43-34-18-7-4-14-29(34)30-25-24-28(26-37(30)43)44(35-19-11-23-40-41(35)33-16-6-9-22-39(33)46-40)36-20-10-17-32-31-15-5-8-21-38(31)45-42(32)36/h1-26H. The zero-order valence-corrected chi connectivity index (χ0v) is 25.5. The van der Waals surface area contributed by atoms with Crippen molar-refractivity contribution in [3.63, 3.8) is 0 Å². The van der Waals surface area contributed by atoms with E-state index in [0.29, 0.717) is 0 Å². The Morgan fingerprint density at radius 2 is 1.15 bits per heavy atom. The molecule has 4 heteroatoms. The van der Waals surface area contributed by atoms with E-state index in [1.54, 1.807) is 0 Å². The molecule has 7 aromatic carbocycles. The number of thiophene rings is 1. The van der Waals surface area contributed by atoms with Crippen molar-refractivity contribution in [1.82, 2.24) is 4.57 Å². The molecule has 3 heterocycles. The van der Waals surface area contributed by atoms with Crippen molar-refractivity contribution < 1.29 is 4.42 Å². The fraction of sp³-hybridized carbons (Fsp3) is 0. The van der Waals surface area contributed by atoms with Gasteiger partial charge in [0.2, 0.25) is 0 Å². The van der Waals surface area contributed by atoms with Crippen LogP contribution in [0.15, 0.2) is 162 Å². The van der Waals surface area contributed by atoms with Gasteiger partial charge in [-0.25, -0.2) is 0 Å². The van der Waals surface area contributed by atoms with E-state index in [-0.39, 0.29) is 0 Å². The number of hydrogen-bond acceptors (Lipinski definition) is 3. The normalized spacial score (nSPS) is 11.9. The Kier molecular flexibility index (Phi) is 5.45. The molecule has 0 fully saturated rings. The van der Waals surface area contributed by atoms with Crippen molar-refractivity contribution in [3.8, 4) is 5.69 Å². The minimum absolute atomic E-state index is 0.879. The van der Waals surface area contributed by atoms with Crippen LogP contribution in [-0.2, 0) is 0 Å². The molecule has 0 unspecified atom stereocenters. The highest BCUT2D eigenvalue weighted by molar-refractivity contribution is 7.26. The molecule has 0 spiro atoms. The van der Waals surface area contributed by atoms with Gasteiger partial charge in [-0.3, -0.25) is 0 Å². The zero-order chi connectivity index (χ0) is 30.2. The summed E-state index contributed by atoms with van der Waals surface area (Å²) in [5.74, 6) is 0. The molecule has 46 heavy (non-hydrogen) atoms. The lowest BCUT2D eigenvalue weighted by Crippen LogP contribution is -2.11. The number of aromatic nitrogens is 1. The van der Waals surface area contributed by atoms with Crippen LogP contribution in [0.25, 0.3) is 69.6 Å². The van der Waals surface area contributed by atoms with Gasteiger partial charge in [0, 0.05) is 53.1 Å². The van der Waals surface area contributed by atoms with Crippen LogP contribution in [0.1, 0.15) is 0 Å². The van der Waals surface area contributed by atoms with Crippen LogP contribution < -0.4 is 4.90 Å². The lowest BCUT2D eigenvalue weighted by atomic mass is 10.1. The topological polar surface area (TPSA) is 21.3 Å². The molecule has 3 aromatic heterocycles. The van der Waals surface area contributed by atoms with Crippen molar-refractivity contribution >= 4 is 92.3 Å². The molecule has 0 atom stereocenters. The largest absolute Gasteiger partial charge is 0.454 e. The second-order valence-electron chi connectivity index (χ2n) is 11.7. The molecule has 10 rings (SSSR count). The number of rotatable bonds is 4. The van der Waals surface area contributed by atoms with Gasteiger partial charge < -0.3 is 13.9 Å². The minimum Gasteiger partial charge on any atom is -0.454 e. The summed E-state index contributed by atoms with van der Waals surface area (Å²) in [4.78, 5) is 2.40. The lowest BCUT2D eigenvalue weighted by Gasteiger charge is -2.27. The molecule has 0 saturated heterocycles. The first kappa shape index (κ1) is 25.5. The molecular weight excluding hydrogens is 581 g/mol. The molecular formula is C42H26N2OS. The molecule has 216 valence electrons. The molecule has 0 radical (unpaired) electrons. The van der Waals surface area contributed by atoms with Crippen molar-refractivity contribution in [2.75, 3.05) is 4.90 Å². The van der Waals surface area contributed by atoms with Gasteiger partial charge in [-0.2, -0.15) is 0 Å². The van der Waals surface area contributed by atoms with Gasteiger partial charge in [0.1, 0.15) is 5.58 Å². The quantitative estimate of drug-likeness (QED) is 0.199. The first-order chi connectivity index (χ1) is 22.8.